The maximum Gasteiger partial charge on any atom is 0.355 e. The highest BCUT2D eigenvalue weighted by molar-refractivity contribution is 7.80. The summed E-state index contributed by atoms with van der Waals surface area (Å²) >= 11 is 11.3. The normalized spacial score (nSPS) is 26.1. The maximum atomic E-state index is 14.3. The van der Waals surface area contributed by atoms with Gasteiger partial charge in [-0.3, -0.25) is 9.59 Å². The van der Waals surface area contributed by atoms with Crippen molar-refractivity contribution >= 4 is 74.8 Å². The van der Waals surface area contributed by atoms with Crippen LogP contribution in [0.4, 0.5) is 11.4 Å². The number of cyclic esters (lactones) is 1. The van der Waals surface area contributed by atoms with E-state index in [2.05, 4.69) is 26.6 Å². The second-order valence-corrected chi connectivity index (χ2v) is 22.0. The van der Waals surface area contributed by atoms with Crippen molar-refractivity contribution in [3.05, 3.63) is 99.8 Å². The molecule has 0 spiro atoms. The van der Waals surface area contributed by atoms with Crippen molar-refractivity contribution in [3.63, 3.8) is 0 Å². The standard InChI is InChI=1S/C58H67N7O18S2/c1-7-58(37-22-40-43-31(24-65(40)51(71)36(37)25-76-55(58)73)20-30-21-41-42(78-26-77-41)23-39(30)63-43)83-52(72)27(2)60-50(70)38(64-57(85)62-33-13-17-35(18-14-33)82-54-47(69)49(75-6)45(67)29(4)80-54)10-8-9-19-59-56(84)61-32-11-15-34(16-12-32)81-53-46(68)48(74-5)44(66)28(3)79-53/h11-18,20-23,27-29,38,44-49,53-54,66-69H,7-10,19,24-26H2,1-6H3,(H,60,70)(H2,59,61,84)(H2,62,64,85)/t27-,28-,29-,38-,44+,45+,46-,47-,48+,49+,53?,54?,58?/m0/s1. The van der Waals surface area contributed by atoms with E-state index in [1.807, 2.05) is 12.1 Å². The third kappa shape index (κ3) is 12.7. The van der Waals surface area contributed by atoms with Crippen LogP contribution in [0.5, 0.6) is 23.0 Å². The van der Waals surface area contributed by atoms with Gasteiger partial charge in [0.15, 0.2) is 21.7 Å². The average Bonchev–Trinajstić information content (AvgIpc) is 2.15. The lowest BCUT2D eigenvalue weighted by Gasteiger charge is -2.40. The number of carbonyl (C=O) groups is 3. The van der Waals surface area contributed by atoms with Crippen LogP contribution in [0.1, 0.15) is 70.1 Å². The van der Waals surface area contributed by atoms with Crippen molar-refractivity contribution in [2.24, 2.45) is 0 Å². The summed E-state index contributed by atoms with van der Waals surface area (Å²) in [5.41, 5.74) is 1.25. The topological polar surface area (TPSA) is 319 Å². The lowest BCUT2D eigenvalue weighted by Crippen LogP contribution is -2.59. The monoisotopic (exact) mass is 1210 g/mol. The molecular formula is C58H67N7O18S2. The van der Waals surface area contributed by atoms with Crippen LogP contribution in [-0.2, 0) is 61.6 Å². The Morgan fingerprint density at radius 1 is 0.776 bits per heavy atom. The minimum Gasteiger partial charge on any atom is -0.462 e. The molecular weight excluding hydrogens is 1150 g/mol. The highest BCUT2D eigenvalue weighted by Crippen LogP contribution is 2.43. The molecule has 5 aromatic rings. The fourth-order valence-electron chi connectivity index (χ4n) is 10.9. The number of hydrogen-bond acceptors (Lipinski definition) is 21. The minimum absolute atomic E-state index is 0.0522. The number of anilines is 2. The van der Waals surface area contributed by atoms with Gasteiger partial charge in [-0.25, -0.2) is 14.6 Å². The number of nitrogens with one attached hydrogen (secondary N) is 5. The Morgan fingerprint density at radius 2 is 1.36 bits per heavy atom. The second-order valence-electron chi connectivity index (χ2n) is 21.2. The molecule has 1 amide bonds. The van der Waals surface area contributed by atoms with Gasteiger partial charge in [-0.1, -0.05) is 6.92 Å². The summed E-state index contributed by atoms with van der Waals surface area (Å²) in [7, 11) is 2.76. The van der Waals surface area contributed by atoms with Gasteiger partial charge in [0.05, 0.1) is 41.2 Å². The van der Waals surface area contributed by atoms with Crippen LogP contribution in [-0.4, -0.2) is 159 Å². The fraction of sp³-hybridized carbons (Fsp3) is 0.466. The number of rotatable bonds is 19. The molecule has 7 heterocycles. The van der Waals surface area contributed by atoms with Crippen LogP contribution in [0.3, 0.4) is 0 Å². The van der Waals surface area contributed by atoms with E-state index in [0.29, 0.717) is 75.8 Å². The Hall–Kier alpha value is -7.31. The van der Waals surface area contributed by atoms with Crippen molar-refractivity contribution in [2.75, 3.05) is 38.2 Å². The van der Waals surface area contributed by atoms with E-state index in [9.17, 15) is 39.6 Å². The van der Waals surface area contributed by atoms with Crippen LogP contribution in [0.25, 0.3) is 22.3 Å². The number of unbranched alkanes of at least 4 members (excludes halogenated alkanes) is 1. The van der Waals surface area contributed by atoms with Crippen LogP contribution < -0.4 is 51.1 Å². The summed E-state index contributed by atoms with van der Waals surface area (Å²) in [6, 6.07) is 18.1. The molecule has 2 saturated heterocycles. The Morgan fingerprint density at radius 3 is 1.95 bits per heavy atom. The first-order valence-electron chi connectivity index (χ1n) is 27.8. The molecule has 85 heavy (non-hydrogen) atoms. The molecule has 27 heteroatoms. The quantitative estimate of drug-likeness (QED) is 0.0320. The number of aromatic nitrogens is 2. The zero-order chi connectivity index (χ0) is 60.4. The highest BCUT2D eigenvalue weighted by atomic mass is 32.1. The summed E-state index contributed by atoms with van der Waals surface area (Å²) in [5, 5.41) is 58.4. The number of carbonyl (C=O) groups excluding carboxylic acids is 3. The minimum atomic E-state index is -2.06. The van der Waals surface area contributed by atoms with Crippen LogP contribution in [0.2, 0.25) is 0 Å². The number of aliphatic hydroxyl groups is 4. The van der Waals surface area contributed by atoms with E-state index in [-0.39, 0.29) is 49.0 Å². The summed E-state index contributed by atoms with van der Waals surface area (Å²) in [5.74, 6) is -0.629. The van der Waals surface area contributed by atoms with Crippen LogP contribution in [0, 0.1) is 0 Å². The number of pyridine rings is 2. The molecule has 3 aromatic carbocycles. The molecule has 5 aliphatic heterocycles. The van der Waals surface area contributed by atoms with E-state index in [0.717, 1.165) is 10.9 Å². The molecule has 2 fully saturated rings. The number of thiocarbonyl (C=S) groups is 2. The van der Waals surface area contributed by atoms with Crippen molar-refractivity contribution in [1.29, 1.82) is 0 Å². The lowest BCUT2D eigenvalue weighted by atomic mass is 9.85. The number of fused-ring (bicyclic) bond motifs is 6. The Kier molecular flexibility index (Phi) is 18.4. The SMILES string of the molecule is CCC1(OC(=O)[C@H](C)NC(=O)[C@H](CCCCNC(=S)Nc2ccc(OC3O[C@@H](C)[C@@H](O)[C@@H](OC)[C@@H]3O)cc2)NC(=S)Nc2ccc(OC3O[C@@H](C)[C@@H](O)[C@@H](OC)[C@@H]3O)cc2)C(=O)OCc2c1cc1n(c2=O)Cc2cc3cc4c(cc3nc2-1)OCO4. The van der Waals surface area contributed by atoms with Gasteiger partial charge < -0.3 is 98.9 Å². The van der Waals surface area contributed by atoms with E-state index < -0.39 is 103 Å². The molecule has 0 bridgehead atoms. The van der Waals surface area contributed by atoms with Crippen LogP contribution >= 0.6 is 24.4 Å². The largest absolute Gasteiger partial charge is 0.462 e. The van der Waals surface area contributed by atoms with Gasteiger partial charge in [-0.05, 0) is 138 Å². The molecule has 3 unspecified atom stereocenters. The summed E-state index contributed by atoms with van der Waals surface area (Å²) in [6.45, 7) is 6.68. The van der Waals surface area contributed by atoms with Gasteiger partial charge in [0.25, 0.3) is 5.56 Å². The Labute approximate surface area is 498 Å². The first-order chi connectivity index (χ1) is 40.8. The first kappa shape index (κ1) is 60.8. The Bertz CT molecular complexity index is 3390. The van der Waals surface area contributed by atoms with Gasteiger partial charge in [-0.15, -0.1) is 0 Å². The number of ether oxygens (including phenoxy) is 10. The van der Waals surface area contributed by atoms with E-state index in [1.165, 1.54) is 21.1 Å². The molecule has 0 saturated carbocycles. The maximum absolute atomic E-state index is 14.3. The smallest absolute Gasteiger partial charge is 0.355 e. The molecule has 0 radical (unpaired) electrons. The highest BCUT2D eigenvalue weighted by Gasteiger charge is 2.51. The first-order valence-corrected chi connectivity index (χ1v) is 28.6. The number of benzene rings is 3. The van der Waals surface area contributed by atoms with E-state index in [4.69, 9.17) is 76.8 Å². The van der Waals surface area contributed by atoms with Crippen molar-refractivity contribution in [2.45, 2.75) is 146 Å². The molecule has 5 aliphatic rings. The molecule has 9 N–H and O–H groups in total. The second kappa shape index (κ2) is 25.7. The van der Waals surface area contributed by atoms with Crippen molar-refractivity contribution in [1.82, 2.24) is 25.5 Å². The number of methoxy groups -OCH3 is 2. The third-order valence-corrected chi connectivity index (χ3v) is 16.1. The number of aliphatic hydroxyl groups excluding tert-OH is 4. The van der Waals surface area contributed by atoms with Crippen LogP contribution in [0.15, 0.2) is 77.6 Å². The van der Waals surface area contributed by atoms with Crippen molar-refractivity contribution < 1.29 is 82.2 Å². The van der Waals surface area contributed by atoms with Crippen molar-refractivity contribution in [3.8, 4) is 34.4 Å². The molecule has 10 rings (SSSR count). The molecule has 0 aliphatic carbocycles. The predicted octanol–water partition coefficient (Wildman–Crippen LogP) is 3.10. The lowest BCUT2D eigenvalue weighted by molar-refractivity contribution is -0.273. The number of hydrogen-bond donors (Lipinski definition) is 9. The number of esters is 2. The third-order valence-electron chi connectivity index (χ3n) is 15.6. The summed E-state index contributed by atoms with van der Waals surface area (Å²) in [6.07, 6.45) is -8.91. The predicted molar refractivity (Wildman–Crippen MR) is 312 cm³/mol. The molecule has 454 valence electrons. The summed E-state index contributed by atoms with van der Waals surface area (Å²) < 4.78 is 58.1. The van der Waals surface area contributed by atoms with Gasteiger partial charge in [0.2, 0.25) is 30.9 Å². The zero-order valence-electron chi connectivity index (χ0n) is 47.2. The number of amides is 1. The van der Waals surface area contributed by atoms with Gasteiger partial charge in [0, 0.05) is 54.7 Å². The average molecular weight is 1210 g/mol. The molecule has 25 nitrogen and oxygen atoms in total. The van der Waals surface area contributed by atoms with E-state index in [1.54, 1.807) is 86.0 Å². The zero-order valence-corrected chi connectivity index (χ0v) is 48.9. The fourth-order valence-corrected chi connectivity index (χ4v) is 11.3. The molecule has 2 aromatic heterocycles. The van der Waals surface area contributed by atoms with Gasteiger partial charge >= 0.3 is 11.9 Å². The Balaban J connectivity index is 0.790. The van der Waals surface area contributed by atoms with E-state index >= 15 is 0 Å². The van der Waals surface area contributed by atoms with Gasteiger partial charge in [0.1, 0.15) is 66.8 Å². The summed E-state index contributed by atoms with van der Waals surface area (Å²) in [4.78, 5) is 61.7. The molecule has 13 atom stereocenters. The number of nitrogens with zero attached hydrogens (tertiary/aromatic N) is 2. The van der Waals surface area contributed by atoms with Gasteiger partial charge in [-0.2, -0.15) is 0 Å².